The van der Waals surface area contributed by atoms with Gasteiger partial charge in [-0.3, -0.25) is 0 Å². The third-order valence-electron chi connectivity index (χ3n) is 3.83. The van der Waals surface area contributed by atoms with Gasteiger partial charge in [-0.2, -0.15) is 0 Å². The van der Waals surface area contributed by atoms with Crippen LogP contribution in [0.4, 0.5) is 0 Å². The maximum atomic E-state index is 5.64. The van der Waals surface area contributed by atoms with Crippen LogP contribution in [0.25, 0.3) is 0 Å². The summed E-state index contributed by atoms with van der Waals surface area (Å²) < 4.78 is 5.64. The van der Waals surface area contributed by atoms with Crippen LogP contribution in [0.1, 0.15) is 30.4 Å². The molecule has 1 aliphatic heterocycles. The highest BCUT2D eigenvalue weighted by Crippen LogP contribution is 2.49. The summed E-state index contributed by atoms with van der Waals surface area (Å²) in [5.74, 6) is 1.06. The molecule has 0 unspecified atom stereocenters. The molecule has 0 bridgehead atoms. The predicted molar refractivity (Wildman–Crippen MR) is 64.1 cm³/mol. The second-order valence-corrected chi connectivity index (χ2v) is 4.98. The van der Waals surface area contributed by atoms with Crippen molar-refractivity contribution in [3.8, 4) is 5.75 Å². The van der Waals surface area contributed by atoms with Crippen molar-refractivity contribution in [3.63, 3.8) is 0 Å². The molecular formula is C14H18O3. The Balaban J connectivity index is 1.83. The number of hydrogen-bond acceptors (Lipinski definition) is 3. The highest BCUT2D eigenvalue weighted by molar-refractivity contribution is 5.43. The summed E-state index contributed by atoms with van der Waals surface area (Å²) in [5, 5.41) is 0. The number of fused-ring (bicyclic) bond motifs is 1. The zero-order valence-electron chi connectivity index (χ0n) is 10.2. The van der Waals surface area contributed by atoms with Gasteiger partial charge in [0.2, 0.25) is 0 Å². The molecule has 3 heteroatoms. The SMILES string of the molecule is COOCC1(c2ccc3c(c2)CCCO3)CC1. The van der Waals surface area contributed by atoms with E-state index < -0.39 is 0 Å². The van der Waals surface area contributed by atoms with Crippen LogP contribution in [0.15, 0.2) is 18.2 Å². The molecule has 0 aromatic heterocycles. The highest BCUT2D eigenvalue weighted by Gasteiger charge is 2.45. The summed E-state index contributed by atoms with van der Waals surface area (Å²) in [6.07, 6.45) is 4.63. The number of ether oxygens (including phenoxy) is 1. The van der Waals surface area contributed by atoms with Crippen molar-refractivity contribution in [3.05, 3.63) is 29.3 Å². The van der Waals surface area contributed by atoms with E-state index >= 15 is 0 Å². The van der Waals surface area contributed by atoms with Crippen LogP contribution >= 0.6 is 0 Å². The Morgan fingerprint density at radius 2 is 2.24 bits per heavy atom. The normalized spacial score (nSPS) is 20.5. The topological polar surface area (TPSA) is 27.7 Å². The van der Waals surface area contributed by atoms with Gasteiger partial charge in [0, 0.05) is 5.41 Å². The zero-order chi connectivity index (χ0) is 11.7. The van der Waals surface area contributed by atoms with E-state index in [1.807, 2.05) is 0 Å². The Bertz CT molecular complexity index is 410. The zero-order valence-corrected chi connectivity index (χ0v) is 10.2. The Morgan fingerprint density at radius 3 is 3.00 bits per heavy atom. The van der Waals surface area contributed by atoms with E-state index in [0.717, 1.165) is 25.2 Å². The molecule has 0 spiro atoms. The van der Waals surface area contributed by atoms with Crippen molar-refractivity contribution in [2.24, 2.45) is 0 Å². The third kappa shape index (κ3) is 2.05. The molecule has 0 atom stereocenters. The Hall–Kier alpha value is -1.06. The van der Waals surface area contributed by atoms with Crippen LogP contribution < -0.4 is 4.74 Å². The second-order valence-electron chi connectivity index (χ2n) is 4.98. The Kier molecular flexibility index (Phi) is 2.81. The molecule has 0 saturated heterocycles. The Labute approximate surface area is 102 Å². The molecule has 17 heavy (non-hydrogen) atoms. The lowest BCUT2D eigenvalue weighted by atomic mass is 9.93. The van der Waals surface area contributed by atoms with E-state index in [0.29, 0.717) is 6.61 Å². The molecule has 1 aromatic carbocycles. The molecule has 3 nitrogen and oxygen atoms in total. The molecule has 3 rings (SSSR count). The van der Waals surface area contributed by atoms with E-state index in [1.54, 1.807) is 7.11 Å². The lowest BCUT2D eigenvalue weighted by Crippen LogP contribution is -2.16. The summed E-state index contributed by atoms with van der Waals surface area (Å²) in [7, 11) is 1.57. The van der Waals surface area contributed by atoms with Crippen molar-refractivity contribution in [2.75, 3.05) is 20.3 Å². The standard InChI is InChI=1S/C14H18O3/c1-15-17-10-14(6-7-14)12-4-5-13-11(9-12)3-2-8-16-13/h4-5,9H,2-3,6-8,10H2,1H3. The van der Waals surface area contributed by atoms with Gasteiger partial charge in [0.05, 0.1) is 20.3 Å². The lowest BCUT2D eigenvalue weighted by Gasteiger charge is -2.21. The molecular weight excluding hydrogens is 216 g/mol. The predicted octanol–water partition coefficient (Wildman–Crippen LogP) is 2.62. The van der Waals surface area contributed by atoms with Gasteiger partial charge in [-0.15, -0.1) is 0 Å². The van der Waals surface area contributed by atoms with Crippen LogP contribution in [0.5, 0.6) is 5.75 Å². The van der Waals surface area contributed by atoms with E-state index in [-0.39, 0.29) is 5.41 Å². The van der Waals surface area contributed by atoms with Crippen LogP contribution in [-0.4, -0.2) is 20.3 Å². The average Bonchev–Trinajstić information content (AvgIpc) is 3.17. The van der Waals surface area contributed by atoms with Gasteiger partial charge in [-0.05, 0) is 42.9 Å². The first-order valence-corrected chi connectivity index (χ1v) is 6.26. The first-order valence-electron chi connectivity index (χ1n) is 6.26. The highest BCUT2D eigenvalue weighted by atomic mass is 17.2. The molecule has 1 aliphatic carbocycles. The van der Waals surface area contributed by atoms with Crippen molar-refractivity contribution in [1.29, 1.82) is 0 Å². The minimum atomic E-state index is 0.197. The van der Waals surface area contributed by atoms with Gasteiger partial charge in [0.15, 0.2) is 0 Å². The van der Waals surface area contributed by atoms with Gasteiger partial charge in [0.25, 0.3) is 0 Å². The number of aryl methyl sites for hydroxylation is 1. The van der Waals surface area contributed by atoms with Gasteiger partial charge in [-0.1, -0.05) is 12.1 Å². The van der Waals surface area contributed by atoms with Crippen LogP contribution in [-0.2, 0) is 21.6 Å². The first kappa shape index (κ1) is 11.1. The average molecular weight is 234 g/mol. The van der Waals surface area contributed by atoms with E-state index in [9.17, 15) is 0 Å². The molecule has 1 aromatic rings. The summed E-state index contributed by atoms with van der Waals surface area (Å²) in [6.45, 7) is 1.51. The smallest absolute Gasteiger partial charge is 0.122 e. The quantitative estimate of drug-likeness (QED) is 0.592. The van der Waals surface area contributed by atoms with Crippen molar-refractivity contribution in [2.45, 2.75) is 31.1 Å². The maximum absolute atomic E-state index is 5.64. The summed E-state index contributed by atoms with van der Waals surface area (Å²) >= 11 is 0. The van der Waals surface area contributed by atoms with Gasteiger partial charge in [0.1, 0.15) is 5.75 Å². The summed E-state index contributed by atoms with van der Waals surface area (Å²) in [6, 6.07) is 6.58. The van der Waals surface area contributed by atoms with Crippen LogP contribution in [0, 0.1) is 0 Å². The molecule has 0 radical (unpaired) electrons. The van der Waals surface area contributed by atoms with Crippen molar-refractivity contribution in [1.82, 2.24) is 0 Å². The Morgan fingerprint density at radius 1 is 1.35 bits per heavy atom. The molecule has 2 aliphatic rings. The summed E-state index contributed by atoms with van der Waals surface area (Å²) in [4.78, 5) is 9.86. The largest absolute Gasteiger partial charge is 0.493 e. The molecule has 1 saturated carbocycles. The van der Waals surface area contributed by atoms with Crippen LogP contribution in [0.3, 0.4) is 0 Å². The third-order valence-corrected chi connectivity index (χ3v) is 3.83. The lowest BCUT2D eigenvalue weighted by molar-refractivity contribution is -0.277. The maximum Gasteiger partial charge on any atom is 0.122 e. The first-order chi connectivity index (χ1) is 8.34. The van der Waals surface area contributed by atoms with Gasteiger partial charge >= 0.3 is 0 Å². The molecule has 92 valence electrons. The monoisotopic (exact) mass is 234 g/mol. The van der Waals surface area contributed by atoms with Gasteiger partial charge in [-0.25, -0.2) is 9.78 Å². The van der Waals surface area contributed by atoms with E-state index in [1.165, 1.54) is 24.0 Å². The van der Waals surface area contributed by atoms with E-state index in [2.05, 4.69) is 18.2 Å². The van der Waals surface area contributed by atoms with Gasteiger partial charge < -0.3 is 4.74 Å². The number of rotatable bonds is 4. The van der Waals surface area contributed by atoms with Crippen molar-refractivity contribution < 1.29 is 14.5 Å². The van der Waals surface area contributed by atoms with Crippen molar-refractivity contribution >= 4 is 0 Å². The minimum absolute atomic E-state index is 0.197. The molecule has 1 fully saturated rings. The minimum Gasteiger partial charge on any atom is -0.493 e. The molecule has 0 N–H and O–H groups in total. The number of benzene rings is 1. The van der Waals surface area contributed by atoms with E-state index in [4.69, 9.17) is 14.5 Å². The molecule has 0 amide bonds. The number of hydrogen-bond donors (Lipinski definition) is 0. The molecule has 1 heterocycles. The fourth-order valence-corrected chi connectivity index (χ4v) is 2.53. The second kappa shape index (κ2) is 4.31. The summed E-state index contributed by atoms with van der Waals surface area (Å²) in [5.41, 5.74) is 2.92. The fourth-order valence-electron chi connectivity index (χ4n) is 2.53. The van der Waals surface area contributed by atoms with Crippen LogP contribution in [0.2, 0.25) is 0 Å². The fraction of sp³-hybridized carbons (Fsp3) is 0.571.